The smallest absolute Gasteiger partial charge is 0.170 e. The molecule has 21 heavy (non-hydrogen) atoms. The lowest BCUT2D eigenvalue weighted by Crippen LogP contribution is -2.36. The number of fused-ring (bicyclic) bond motifs is 1. The number of carbonyl (C=O) groups excluding carboxylic acids is 1. The van der Waals surface area contributed by atoms with Crippen molar-refractivity contribution in [1.82, 2.24) is 0 Å². The van der Waals surface area contributed by atoms with E-state index in [9.17, 15) is 9.90 Å². The molecule has 1 aliphatic rings. The number of hydrogen-bond donors (Lipinski definition) is 1. The van der Waals surface area contributed by atoms with Crippen LogP contribution in [0.3, 0.4) is 0 Å². The predicted molar refractivity (Wildman–Crippen MR) is 81.0 cm³/mol. The third-order valence-electron chi connectivity index (χ3n) is 3.99. The third-order valence-corrected chi connectivity index (χ3v) is 3.99. The molecule has 2 aromatic carbocycles. The molecule has 3 rings (SSSR count). The van der Waals surface area contributed by atoms with Crippen molar-refractivity contribution >= 4 is 5.78 Å². The normalized spacial score (nSPS) is 20.8. The quantitative estimate of drug-likeness (QED) is 0.863. The fourth-order valence-corrected chi connectivity index (χ4v) is 2.86. The standard InChI is InChI=1S/C18H18O3/c1-11-5-7-14(15(19)8-11)18(3)10-16(20)13-6-4-12(2)9-17(13)21-18/h4-9,19H,10H2,1-3H3/t18-/m1/s1. The summed E-state index contributed by atoms with van der Waals surface area (Å²) in [5.41, 5.74) is 2.44. The van der Waals surface area contributed by atoms with Gasteiger partial charge in [0.05, 0.1) is 12.0 Å². The fourth-order valence-electron chi connectivity index (χ4n) is 2.86. The van der Waals surface area contributed by atoms with Gasteiger partial charge in [0.1, 0.15) is 17.1 Å². The zero-order chi connectivity index (χ0) is 15.2. The maximum Gasteiger partial charge on any atom is 0.170 e. The maximum atomic E-state index is 12.4. The van der Waals surface area contributed by atoms with E-state index in [1.807, 2.05) is 51.1 Å². The van der Waals surface area contributed by atoms with Gasteiger partial charge in [-0.1, -0.05) is 18.2 Å². The highest BCUT2D eigenvalue weighted by atomic mass is 16.5. The molecule has 0 saturated heterocycles. The molecule has 3 nitrogen and oxygen atoms in total. The molecule has 0 amide bonds. The second-order valence-corrected chi connectivity index (χ2v) is 5.95. The summed E-state index contributed by atoms with van der Waals surface area (Å²) < 4.78 is 6.10. The van der Waals surface area contributed by atoms with Crippen LogP contribution in [0.5, 0.6) is 11.5 Å². The molecule has 1 atom stereocenters. The first kappa shape index (κ1) is 13.7. The molecule has 0 spiro atoms. The van der Waals surface area contributed by atoms with Crippen LogP contribution in [0.2, 0.25) is 0 Å². The van der Waals surface area contributed by atoms with E-state index in [1.54, 1.807) is 6.07 Å². The van der Waals surface area contributed by atoms with E-state index in [0.29, 0.717) is 16.9 Å². The summed E-state index contributed by atoms with van der Waals surface area (Å²) in [6.45, 7) is 5.72. The Balaban J connectivity index is 2.09. The summed E-state index contributed by atoms with van der Waals surface area (Å²) in [5, 5.41) is 10.2. The molecule has 0 aromatic heterocycles. The van der Waals surface area contributed by atoms with Crippen molar-refractivity contribution in [3.8, 4) is 11.5 Å². The van der Waals surface area contributed by atoms with Crippen molar-refractivity contribution in [3.63, 3.8) is 0 Å². The number of ketones is 1. The summed E-state index contributed by atoms with van der Waals surface area (Å²) in [6, 6.07) is 11.0. The van der Waals surface area contributed by atoms with Gasteiger partial charge in [-0.3, -0.25) is 4.79 Å². The Labute approximate surface area is 124 Å². The number of Topliss-reactive ketones (excluding diaryl/α,β-unsaturated/α-hetero) is 1. The van der Waals surface area contributed by atoms with Crippen LogP contribution in [-0.4, -0.2) is 10.9 Å². The van der Waals surface area contributed by atoms with E-state index < -0.39 is 5.60 Å². The summed E-state index contributed by atoms with van der Waals surface area (Å²) in [6.07, 6.45) is 0.222. The highest BCUT2D eigenvalue weighted by Crippen LogP contribution is 2.42. The van der Waals surface area contributed by atoms with Gasteiger partial charge in [-0.25, -0.2) is 0 Å². The second-order valence-electron chi connectivity index (χ2n) is 5.95. The molecule has 0 saturated carbocycles. The number of aromatic hydroxyl groups is 1. The monoisotopic (exact) mass is 282 g/mol. The average Bonchev–Trinajstić information content (AvgIpc) is 2.37. The fraction of sp³-hybridized carbons (Fsp3) is 0.278. The number of rotatable bonds is 1. The number of ether oxygens (including phenoxy) is 1. The number of hydrogen-bond acceptors (Lipinski definition) is 3. The first-order valence-corrected chi connectivity index (χ1v) is 7.02. The van der Waals surface area contributed by atoms with E-state index in [1.165, 1.54) is 0 Å². The zero-order valence-corrected chi connectivity index (χ0v) is 12.4. The summed E-state index contributed by atoms with van der Waals surface area (Å²) in [5.74, 6) is 0.800. The number of phenols is 1. The first-order chi connectivity index (χ1) is 9.89. The van der Waals surface area contributed by atoms with Gasteiger partial charge in [0.15, 0.2) is 5.78 Å². The molecule has 0 fully saturated rings. The van der Waals surface area contributed by atoms with Crippen LogP contribution in [0.1, 0.15) is 40.4 Å². The Morgan fingerprint density at radius 1 is 1.10 bits per heavy atom. The van der Waals surface area contributed by atoms with E-state index >= 15 is 0 Å². The SMILES string of the molecule is Cc1ccc([C@@]2(C)CC(=O)c3ccc(C)cc3O2)c(O)c1. The molecule has 0 radical (unpaired) electrons. The van der Waals surface area contributed by atoms with Crippen LogP contribution in [-0.2, 0) is 5.60 Å². The maximum absolute atomic E-state index is 12.4. The minimum Gasteiger partial charge on any atom is -0.508 e. The topological polar surface area (TPSA) is 46.5 Å². The van der Waals surface area contributed by atoms with Gasteiger partial charge in [0.25, 0.3) is 0 Å². The van der Waals surface area contributed by atoms with Gasteiger partial charge < -0.3 is 9.84 Å². The van der Waals surface area contributed by atoms with E-state index in [4.69, 9.17) is 4.74 Å². The Hall–Kier alpha value is -2.29. The summed E-state index contributed by atoms with van der Waals surface area (Å²) >= 11 is 0. The summed E-state index contributed by atoms with van der Waals surface area (Å²) in [7, 11) is 0. The minimum atomic E-state index is -0.838. The van der Waals surface area contributed by atoms with Crippen LogP contribution in [0.4, 0.5) is 0 Å². The van der Waals surface area contributed by atoms with Crippen LogP contribution in [0, 0.1) is 13.8 Å². The lowest BCUT2D eigenvalue weighted by Gasteiger charge is -2.35. The minimum absolute atomic E-state index is 0.0405. The lowest BCUT2D eigenvalue weighted by molar-refractivity contribution is 0.0490. The van der Waals surface area contributed by atoms with Crippen molar-refractivity contribution in [2.75, 3.05) is 0 Å². The molecule has 108 valence electrons. The van der Waals surface area contributed by atoms with Crippen molar-refractivity contribution in [3.05, 3.63) is 58.7 Å². The molecule has 2 aromatic rings. The Bertz CT molecular complexity index is 733. The van der Waals surface area contributed by atoms with E-state index in [-0.39, 0.29) is 18.0 Å². The number of carbonyl (C=O) groups is 1. The first-order valence-electron chi connectivity index (χ1n) is 7.02. The zero-order valence-electron chi connectivity index (χ0n) is 12.4. The van der Waals surface area contributed by atoms with Gasteiger partial charge in [-0.15, -0.1) is 0 Å². The van der Waals surface area contributed by atoms with Crippen LogP contribution < -0.4 is 4.74 Å². The van der Waals surface area contributed by atoms with Crippen molar-refractivity contribution < 1.29 is 14.6 Å². The van der Waals surface area contributed by atoms with Gasteiger partial charge in [0.2, 0.25) is 0 Å². The van der Waals surface area contributed by atoms with Gasteiger partial charge in [-0.05, 0) is 50.1 Å². The number of benzene rings is 2. The molecule has 1 aliphatic heterocycles. The largest absolute Gasteiger partial charge is 0.508 e. The third kappa shape index (κ3) is 2.29. The van der Waals surface area contributed by atoms with Crippen LogP contribution in [0.15, 0.2) is 36.4 Å². The second kappa shape index (κ2) is 4.62. The average molecular weight is 282 g/mol. The predicted octanol–water partition coefficient (Wildman–Crippen LogP) is 3.89. The highest BCUT2D eigenvalue weighted by Gasteiger charge is 2.39. The Morgan fingerprint density at radius 2 is 1.76 bits per heavy atom. The van der Waals surface area contributed by atoms with Gasteiger partial charge in [0, 0.05) is 5.56 Å². The van der Waals surface area contributed by atoms with Crippen LogP contribution >= 0.6 is 0 Å². The van der Waals surface area contributed by atoms with E-state index in [0.717, 1.165) is 11.1 Å². The molecule has 3 heteroatoms. The molecule has 0 bridgehead atoms. The van der Waals surface area contributed by atoms with Crippen LogP contribution in [0.25, 0.3) is 0 Å². The Kier molecular flexibility index (Phi) is 3.01. The van der Waals surface area contributed by atoms with Crippen molar-refractivity contribution in [2.45, 2.75) is 32.8 Å². The van der Waals surface area contributed by atoms with Gasteiger partial charge in [-0.2, -0.15) is 0 Å². The summed E-state index contributed by atoms with van der Waals surface area (Å²) in [4.78, 5) is 12.4. The lowest BCUT2D eigenvalue weighted by atomic mass is 9.84. The molecule has 1 heterocycles. The molecule has 1 N–H and O–H groups in total. The molecule has 0 aliphatic carbocycles. The molecular formula is C18H18O3. The van der Waals surface area contributed by atoms with Crippen molar-refractivity contribution in [2.24, 2.45) is 0 Å². The molecule has 0 unspecified atom stereocenters. The molecular weight excluding hydrogens is 264 g/mol. The number of aryl methyl sites for hydroxylation is 2. The highest BCUT2D eigenvalue weighted by molar-refractivity contribution is 6.00. The van der Waals surface area contributed by atoms with Gasteiger partial charge >= 0.3 is 0 Å². The van der Waals surface area contributed by atoms with Crippen molar-refractivity contribution in [1.29, 1.82) is 0 Å². The Morgan fingerprint density at radius 3 is 2.48 bits per heavy atom. The number of phenolic OH excluding ortho intramolecular Hbond substituents is 1. The van der Waals surface area contributed by atoms with E-state index in [2.05, 4.69) is 0 Å².